The van der Waals surface area contributed by atoms with Crippen molar-refractivity contribution in [2.75, 3.05) is 4.90 Å². The molecule has 0 bridgehead atoms. The highest BCUT2D eigenvalue weighted by Crippen LogP contribution is 2.40. The first-order valence-electron chi connectivity index (χ1n) is 18.9. The summed E-state index contributed by atoms with van der Waals surface area (Å²) >= 11 is 0. The van der Waals surface area contributed by atoms with Gasteiger partial charge in [0.15, 0.2) is 0 Å². The highest BCUT2D eigenvalue weighted by Gasteiger charge is 2.16. The molecule has 0 unspecified atom stereocenters. The molecule has 55 heavy (non-hydrogen) atoms. The van der Waals surface area contributed by atoms with E-state index in [0.29, 0.717) is 0 Å². The Balaban J connectivity index is 1.05. The number of benzene rings is 10. The SMILES string of the molecule is c1ccc(-c2cccc(-c3ccc(N(c4ccc(-c5cccc6ccccc56)cc4)c4ccc(-c5cc6ccccc6c6ccccc56)cc4)cc3)c2)cc1. The van der Waals surface area contributed by atoms with Crippen molar-refractivity contribution >= 4 is 49.4 Å². The van der Waals surface area contributed by atoms with Crippen LogP contribution in [-0.4, -0.2) is 0 Å². The van der Waals surface area contributed by atoms with Crippen LogP contribution in [0.4, 0.5) is 17.1 Å². The Hall–Kier alpha value is -7.22. The lowest BCUT2D eigenvalue weighted by atomic mass is 9.93. The molecule has 0 aliphatic heterocycles. The molecule has 0 atom stereocenters. The van der Waals surface area contributed by atoms with Gasteiger partial charge in [0.1, 0.15) is 0 Å². The number of fused-ring (bicyclic) bond motifs is 4. The van der Waals surface area contributed by atoms with Crippen molar-refractivity contribution in [2.45, 2.75) is 0 Å². The maximum Gasteiger partial charge on any atom is 0.0462 e. The first kappa shape index (κ1) is 32.4. The van der Waals surface area contributed by atoms with Gasteiger partial charge in [-0.15, -0.1) is 0 Å². The molecule has 10 aromatic rings. The van der Waals surface area contributed by atoms with E-state index in [4.69, 9.17) is 0 Å². The van der Waals surface area contributed by atoms with Crippen LogP contribution in [0.15, 0.2) is 224 Å². The third-order valence-electron chi connectivity index (χ3n) is 10.9. The van der Waals surface area contributed by atoms with Crippen LogP contribution in [-0.2, 0) is 0 Å². The summed E-state index contributed by atoms with van der Waals surface area (Å²) in [7, 11) is 0. The minimum atomic E-state index is 1.10. The van der Waals surface area contributed by atoms with E-state index in [1.165, 1.54) is 76.8 Å². The largest absolute Gasteiger partial charge is 0.311 e. The molecule has 1 nitrogen and oxygen atoms in total. The van der Waals surface area contributed by atoms with E-state index in [2.05, 4.69) is 229 Å². The van der Waals surface area contributed by atoms with E-state index in [-0.39, 0.29) is 0 Å². The molecule has 258 valence electrons. The normalized spacial score (nSPS) is 11.3. The summed E-state index contributed by atoms with van der Waals surface area (Å²) < 4.78 is 0. The zero-order valence-corrected chi connectivity index (χ0v) is 30.3. The molecule has 0 spiro atoms. The second-order valence-corrected chi connectivity index (χ2v) is 14.1. The minimum absolute atomic E-state index is 1.10. The van der Waals surface area contributed by atoms with Gasteiger partial charge in [-0.25, -0.2) is 0 Å². The van der Waals surface area contributed by atoms with Crippen molar-refractivity contribution in [3.63, 3.8) is 0 Å². The molecule has 0 amide bonds. The van der Waals surface area contributed by atoms with Gasteiger partial charge in [0.25, 0.3) is 0 Å². The summed E-state index contributed by atoms with van der Waals surface area (Å²) in [6.07, 6.45) is 0. The molecule has 0 fully saturated rings. The second kappa shape index (κ2) is 14.0. The summed E-state index contributed by atoms with van der Waals surface area (Å²) in [4.78, 5) is 2.36. The lowest BCUT2D eigenvalue weighted by Gasteiger charge is -2.26. The predicted molar refractivity (Wildman–Crippen MR) is 235 cm³/mol. The van der Waals surface area contributed by atoms with Gasteiger partial charge < -0.3 is 4.90 Å². The van der Waals surface area contributed by atoms with Crippen molar-refractivity contribution < 1.29 is 0 Å². The van der Waals surface area contributed by atoms with Crippen LogP contribution in [0.2, 0.25) is 0 Å². The van der Waals surface area contributed by atoms with Crippen LogP contribution < -0.4 is 4.90 Å². The molecule has 0 aromatic heterocycles. The average Bonchev–Trinajstić information content (AvgIpc) is 3.27. The van der Waals surface area contributed by atoms with Crippen LogP contribution in [0.5, 0.6) is 0 Å². The topological polar surface area (TPSA) is 3.24 Å². The number of hydrogen-bond donors (Lipinski definition) is 0. The molecule has 1 heteroatoms. The monoisotopic (exact) mass is 699 g/mol. The molecule has 0 heterocycles. The second-order valence-electron chi connectivity index (χ2n) is 14.1. The molecule has 0 radical (unpaired) electrons. The molecule has 0 aliphatic rings. The van der Waals surface area contributed by atoms with Crippen molar-refractivity contribution in [1.82, 2.24) is 0 Å². The van der Waals surface area contributed by atoms with Crippen molar-refractivity contribution in [3.05, 3.63) is 224 Å². The van der Waals surface area contributed by atoms with Gasteiger partial charge in [-0.3, -0.25) is 0 Å². The van der Waals surface area contributed by atoms with Gasteiger partial charge in [0.2, 0.25) is 0 Å². The fraction of sp³-hybridized carbons (Fsp3) is 0. The van der Waals surface area contributed by atoms with Crippen molar-refractivity contribution in [3.8, 4) is 44.5 Å². The third kappa shape index (κ3) is 6.12. The van der Waals surface area contributed by atoms with Crippen molar-refractivity contribution in [2.24, 2.45) is 0 Å². The highest BCUT2D eigenvalue weighted by molar-refractivity contribution is 6.13. The third-order valence-corrected chi connectivity index (χ3v) is 10.9. The predicted octanol–water partition coefficient (Wildman–Crippen LogP) is 15.3. The summed E-state index contributed by atoms with van der Waals surface area (Å²) in [6, 6.07) is 81.4. The van der Waals surface area contributed by atoms with Crippen LogP contribution in [0, 0.1) is 0 Å². The quantitative estimate of drug-likeness (QED) is 0.150. The Kier molecular flexibility index (Phi) is 8.24. The van der Waals surface area contributed by atoms with E-state index in [1.807, 2.05) is 0 Å². The Morgan fingerprint density at radius 1 is 0.218 bits per heavy atom. The number of hydrogen-bond acceptors (Lipinski definition) is 1. The Morgan fingerprint density at radius 3 is 1.31 bits per heavy atom. The van der Waals surface area contributed by atoms with Gasteiger partial charge in [0, 0.05) is 17.1 Å². The molecular weight excluding hydrogens is 663 g/mol. The first-order valence-corrected chi connectivity index (χ1v) is 18.9. The molecular formula is C54H37N. The first-order chi connectivity index (χ1) is 27.3. The zero-order valence-electron chi connectivity index (χ0n) is 30.3. The van der Waals surface area contributed by atoms with E-state index in [1.54, 1.807) is 0 Å². The number of anilines is 3. The molecule has 0 N–H and O–H groups in total. The lowest BCUT2D eigenvalue weighted by Crippen LogP contribution is -2.09. The van der Waals surface area contributed by atoms with Gasteiger partial charge in [0.05, 0.1) is 0 Å². The molecule has 10 rings (SSSR count). The van der Waals surface area contributed by atoms with Crippen LogP contribution in [0.25, 0.3) is 76.8 Å². The summed E-state index contributed by atoms with van der Waals surface area (Å²) in [5, 5.41) is 7.59. The average molecular weight is 700 g/mol. The van der Waals surface area contributed by atoms with Gasteiger partial charge >= 0.3 is 0 Å². The fourth-order valence-corrected chi connectivity index (χ4v) is 8.11. The Morgan fingerprint density at radius 2 is 0.655 bits per heavy atom. The van der Waals surface area contributed by atoms with Gasteiger partial charge in [-0.2, -0.15) is 0 Å². The van der Waals surface area contributed by atoms with Crippen LogP contribution in [0.1, 0.15) is 0 Å². The van der Waals surface area contributed by atoms with E-state index < -0.39 is 0 Å². The van der Waals surface area contributed by atoms with E-state index in [9.17, 15) is 0 Å². The minimum Gasteiger partial charge on any atom is -0.311 e. The van der Waals surface area contributed by atoms with E-state index in [0.717, 1.165) is 17.1 Å². The maximum absolute atomic E-state index is 2.36. The van der Waals surface area contributed by atoms with Crippen LogP contribution >= 0.6 is 0 Å². The molecule has 0 aliphatic carbocycles. The fourth-order valence-electron chi connectivity index (χ4n) is 8.11. The van der Waals surface area contributed by atoms with Gasteiger partial charge in [-0.05, 0) is 125 Å². The van der Waals surface area contributed by atoms with E-state index >= 15 is 0 Å². The molecule has 10 aromatic carbocycles. The zero-order chi connectivity index (χ0) is 36.6. The molecule has 0 saturated carbocycles. The maximum atomic E-state index is 2.36. The van der Waals surface area contributed by atoms with Gasteiger partial charge in [-0.1, -0.05) is 176 Å². The highest BCUT2D eigenvalue weighted by atomic mass is 15.1. The number of rotatable bonds is 7. The standard InChI is InChI=1S/C54H37N/c1-2-12-38(13-3-1)43-17-10-18-44(36-43)39-24-30-46(31-25-39)55(47-32-26-41(27-33-47)50-23-11-16-40-14-4-6-19-49(40)50)48-34-28-42(29-35-48)54-37-45-15-5-7-20-51(45)52-21-8-9-22-53(52)54/h1-37H. The number of nitrogens with zero attached hydrogens (tertiary/aromatic N) is 1. The molecule has 0 saturated heterocycles. The summed E-state index contributed by atoms with van der Waals surface area (Å²) in [5.41, 5.74) is 13.0. The van der Waals surface area contributed by atoms with Crippen LogP contribution in [0.3, 0.4) is 0 Å². The Labute approximate surface area is 322 Å². The van der Waals surface area contributed by atoms with Crippen molar-refractivity contribution in [1.29, 1.82) is 0 Å². The summed E-state index contributed by atoms with van der Waals surface area (Å²) in [5.74, 6) is 0. The lowest BCUT2D eigenvalue weighted by molar-refractivity contribution is 1.28. The smallest absolute Gasteiger partial charge is 0.0462 e. The summed E-state index contributed by atoms with van der Waals surface area (Å²) in [6.45, 7) is 0. The Bertz CT molecular complexity index is 2940.